The molecule has 1 unspecified atom stereocenters. The van der Waals surface area contributed by atoms with E-state index in [0.29, 0.717) is 17.2 Å². The van der Waals surface area contributed by atoms with Crippen LogP contribution in [0.4, 0.5) is 5.69 Å². The van der Waals surface area contributed by atoms with E-state index in [2.05, 4.69) is 20.5 Å². The molecule has 0 spiro atoms. The summed E-state index contributed by atoms with van der Waals surface area (Å²) in [6.07, 6.45) is 1.60. The molecule has 0 aliphatic carbocycles. The molecule has 1 aromatic carbocycles. The number of hydrogen-bond acceptors (Lipinski definition) is 4. The fourth-order valence-electron chi connectivity index (χ4n) is 2.33. The molecule has 3 rings (SSSR count). The first kappa shape index (κ1) is 13.2. The number of amides is 1. The van der Waals surface area contributed by atoms with E-state index in [1.807, 2.05) is 26.1 Å². The highest BCUT2D eigenvalue weighted by Gasteiger charge is 2.17. The lowest BCUT2D eigenvalue weighted by Gasteiger charge is -2.12. The lowest BCUT2D eigenvalue weighted by Crippen LogP contribution is -2.28. The van der Waals surface area contributed by atoms with Crippen LogP contribution < -0.4 is 11.1 Å². The summed E-state index contributed by atoms with van der Waals surface area (Å²) < 4.78 is 1.77. The molecular formula is C14H16N6O. The zero-order chi connectivity index (χ0) is 15.0. The van der Waals surface area contributed by atoms with Gasteiger partial charge in [-0.2, -0.15) is 0 Å². The number of aryl methyl sites for hydroxylation is 1. The SMILES string of the molecule is CC(NC(=O)c1cc2cccc(N)c2[nH]1)c1nncn1C. The van der Waals surface area contributed by atoms with Gasteiger partial charge in [-0.05, 0) is 19.1 Å². The molecule has 0 fully saturated rings. The van der Waals surface area contributed by atoms with E-state index in [1.54, 1.807) is 23.0 Å². The van der Waals surface area contributed by atoms with Crippen LogP contribution in [-0.4, -0.2) is 25.7 Å². The van der Waals surface area contributed by atoms with Gasteiger partial charge in [-0.25, -0.2) is 0 Å². The number of H-pyrrole nitrogens is 1. The van der Waals surface area contributed by atoms with Crippen molar-refractivity contribution in [1.82, 2.24) is 25.1 Å². The van der Waals surface area contributed by atoms with Crippen LogP contribution in [0.25, 0.3) is 10.9 Å². The lowest BCUT2D eigenvalue weighted by molar-refractivity contribution is 0.0933. The summed E-state index contributed by atoms with van der Waals surface area (Å²) in [4.78, 5) is 15.4. The predicted molar refractivity (Wildman–Crippen MR) is 79.6 cm³/mol. The summed E-state index contributed by atoms with van der Waals surface area (Å²) in [7, 11) is 1.83. The Bertz CT molecular complexity index is 803. The highest BCUT2D eigenvalue weighted by Crippen LogP contribution is 2.21. The van der Waals surface area contributed by atoms with Crippen molar-refractivity contribution in [2.45, 2.75) is 13.0 Å². The van der Waals surface area contributed by atoms with Crippen LogP contribution in [0.2, 0.25) is 0 Å². The lowest BCUT2D eigenvalue weighted by atomic mass is 10.2. The molecule has 21 heavy (non-hydrogen) atoms. The van der Waals surface area contributed by atoms with Crippen LogP contribution >= 0.6 is 0 Å². The number of benzene rings is 1. The number of anilines is 1. The zero-order valence-corrected chi connectivity index (χ0v) is 11.8. The topological polar surface area (TPSA) is 102 Å². The molecule has 1 atom stereocenters. The van der Waals surface area contributed by atoms with Gasteiger partial charge in [-0.15, -0.1) is 10.2 Å². The smallest absolute Gasteiger partial charge is 0.268 e. The van der Waals surface area contributed by atoms with Crippen molar-refractivity contribution in [3.63, 3.8) is 0 Å². The highest BCUT2D eigenvalue weighted by atomic mass is 16.1. The molecule has 2 aromatic heterocycles. The summed E-state index contributed by atoms with van der Waals surface area (Å²) in [6.45, 7) is 1.86. The zero-order valence-electron chi connectivity index (χ0n) is 11.8. The van der Waals surface area contributed by atoms with Gasteiger partial charge in [0.1, 0.15) is 12.0 Å². The molecule has 108 valence electrons. The van der Waals surface area contributed by atoms with E-state index in [1.165, 1.54) is 0 Å². The number of carbonyl (C=O) groups excluding carboxylic acids is 1. The molecular weight excluding hydrogens is 268 g/mol. The van der Waals surface area contributed by atoms with Gasteiger partial charge in [0.2, 0.25) is 0 Å². The van der Waals surface area contributed by atoms with E-state index in [-0.39, 0.29) is 11.9 Å². The fraction of sp³-hybridized carbons (Fsp3) is 0.214. The minimum Gasteiger partial charge on any atom is -0.397 e. The van der Waals surface area contributed by atoms with Gasteiger partial charge in [0.15, 0.2) is 5.82 Å². The van der Waals surface area contributed by atoms with Gasteiger partial charge >= 0.3 is 0 Å². The van der Waals surface area contributed by atoms with Gasteiger partial charge in [0.25, 0.3) is 5.91 Å². The van der Waals surface area contributed by atoms with Crippen molar-refractivity contribution in [2.75, 3.05) is 5.73 Å². The third-order valence-electron chi connectivity index (χ3n) is 3.41. The average Bonchev–Trinajstić information content (AvgIpc) is 3.05. The van der Waals surface area contributed by atoms with Gasteiger partial charge in [0, 0.05) is 12.4 Å². The first-order valence-corrected chi connectivity index (χ1v) is 6.58. The molecule has 0 saturated carbocycles. The largest absolute Gasteiger partial charge is 0.397 e. The van der Waals surface area contributed by atoms with Crippen molar-refractivity contribution >= 4 is 22.5 Å². The van der Waals surface area contributed by atoms with Crippen molar-refractivity contribution < 1.29 is 4.79 Å². The second-order valence-corrected chi connectivity index (χ2v) is 4.99. The van der Waals surface area contributed by atoms with Crippen molar-refractivity contribution in [3.8, 4) is 0 Å². The molecule has 0 radical (unpaired) electrons. The molecule has 0 aliphatic rings. The number of hydrogen-bond donors (Lipinski definition) is 3. The molecule has 4 N–H and O–H groups in total. The summed E-state index contributed by atoms with van der Waals surface area (Å²) >= 11 is 0. The highest BCUT2D eigenvalue weighted by molar-refractivity contribution is 6.00. The van der Waals surface area contributed by atoms with E-state index in [4.69, 9.17) is 5.73 Å². The number of para-hydroxylation sites is 1. The average molecular weight is 284 g/mol. The Hall–Kier alpha value is -2.83. The normalized spacial score (nSPS) is 12.5. The van der Waals surface area contributed by atoms with Gasteiger partial charge in [0.05, 0.1) is 17.2 Å². The molecule has 1 amide bonds. The number of fused-ring (bicyclic) bond motifs is 1. The molecule has 0 saturated heterocycles. The summed E-state index contributed by atoms with van der Waals surface area (Å²) in [6, 6.07) is 7.10. The third kappa shape index (κ3) is 2.33. The predicted octanol–water partition coefficient (Wildman–Crippen LogP) is 1.37. The Morgan fingerprint density at radius 1 is 1.48 bits per heavy atom. The maximum absolute atomic E-state index is 12.3. The Morgan fingerprint density at radius 2 is 2.29 bits per heavy atom. The van der Waals surface area contributed by atoms with Crippen LogP contribution in [0.3, 0.4) is 0 Å². The minimum atomic E-state index is -0.242. The number of aromatic amines is 1. The second kappa shape index (κ2) is 4.93. The molecule has 0 bridgehead atoms. The summed E-state index contributed by atoms with van der Waals surface area (Å²) in [5, 5.41) is 11.6. The van der Waals surface area contributed by atoms with Crippen LogP contribution in [0.15, 0.2) is 30.6 Å². The van der Waals surface area contributed by atoms with Crippen LogP contribution in [-0.2, 0) is 7.05 Å². The van der Waals surface area contributed by atoms with E-state index < -0.39 is 0 Å². The van der Waals surface area contributed by atoms with Gasteiger partial charge < -0.3 is 20.6 Å². The molecule has 7 heteroatoms. The molecule has 0 aliphatic heterocycles. The minimum absolute atomic E-state index is 0.207. The number of nitrogens with one attached hydrogen (secondary N) is 2. The second-order valence-electron chi connectivity index (χ2n) is 4.99. The Labute approximate surface area is 121 Å². The number of aromatic nitrogens is 4. The van der Waals surface area contributed by atoms with E-state index in [9.17, 15) is 4.79 Å². The number of nitrogens with two attached hydrogens (primary N) is 1. The number of nitrogen functional groups attached to an aromatic ring is 1. The monoisotopic (exact) mass is 284 g/mol. The van der Waals surface area contributed by atoms with Crippen LogP contribution in [0, 0.1) is 0 Å². The maximum atomic E-state index is 12.3. The summed E-state index contributed by atoms with van der Waals surface area (Å²) in [5.74, 6) is 0.486. The molecule has 7 nitrogen and oxygen atoms in total. The first-order chi connectivity index (χ1) is 10.1. The fourth-order valence-corrected chi connectivity index (χ4v) is 2.33. The van der Waals surface area contributed by atoms with Crippen molar-refractivity contribution in [1.29, 1.82) is 0 Å². The Kier molecular flexibility index (Phi) is 3.09. The van der Waals surface area contributed by atoms with Crippen LogP contribution in [0.5, 0.6) is 0 Å². The van der Waals surface area contributed by atoms with E-state index in [0.717, 1.165) is 10.9 Å². The third-order valence-corrected chi connectivity index (χ3v) is 3.41. The van der Waals surface area contributed by atoms with Crippen molar-refractivity contribution in [2.24, 2.45) is 7.05 Å². The first-order valence-electron chi connectivity index (χ1n) is 6.58. The standard InChI is InChI=1S/C14H16N6O/c1-8(13-19-16-7-20(13)2)17-14(21)11-6-9-4-3-5-10(15)12(9)18-11/h3-8,18H,15H2,1-2H3,(H,17,21). The number of carbonyl (C=O) groups is 1. The molecule has 2 heterocycles. The van der Waals surface area contributed by atoms with Crippen LogP contribution in [0.1, 0.15) is 29.3 Å². The number of rotatable bonds is 3. The van der Waals surface area contributed by atoms with Gasteiger partial charge in [-0.1, -0.05) is 12.1 Å². The number of nitrogens with zero attached hydrogens (tertiary/aromatic N) is 3. The quantitative estimate of drug-likeness (QED) is 0.632. The summed E-state index contributed by atoms with van der Waals surface area (Å²) in [5.41, 5.74) is 7.74. The Morgan fingerprint density at radius 3 is 2.95 bits per heavy atom. The maximum Gasteiger partial charge on any atom is 0.268 e. The van der Waals surface area contributed by atoms with E-state index >= 15 is 0 Å². The molecule has 3 aromatic rings. The van der Waals surface area contributed by atoms with Crippen molar-refractivity contribution in [3.05, 3.63) is 42.1 Å². The van der Waals surface area contributed by atoms with Gasteiger partial charge in [-0.3, -0.25) is 4.79 Å². The Balaban J connectivity index is 1.84.